The SMILES string of the molecule is Cc1ccc(C(=O)CC(=O)c2cc(C)oc2C)cc1. The van der Waals surface area contributed by atoms with E-state index in [2.05, 4.69) is 0 Å². The summed E-state index contributed by atoms with van der Waals surface area (Å²) in [5.74, 6) is 0.894. The number of Topliss-reactive ketones (excluding diaryl/α,β-unsaturated/α-hetero) is 2. The van der Waals surface area contributed by atoms with E-state index in [-0.39, 0.29) is 18.0 Å². The highest BCUT2D eigenvalue weighted by Gasteiger charge is 2.17. The Hall–Kier alpha value is -2.16. The molecule has 0 atom stereocenters. The van der Waals surface area contributed by atoms with E-state index in [1.165, 1.54) is 0 Å². The molecular formula is C16H16O3. The molecule has 0 saturated heterocycles. The summed E-state index contributed by atoms with van der Waals surface area (Å²) < 4.78 is 5.31. The Morgan fingerprint density at radius 1 is 1.00 bits per heavy atom. The van der Waals surface area contributed by atoms with E-state index < -0.39 is 0 Å². The van der Waals surface area contributed by atoms with Gasteiger partial charge < -0.3 is 4.42 Å². The highest BCUT2D eigenvalue weighted by molar-refractivity contribution is 6.13. The van der Waals surface area contributed by atoms with E-state index in [1.54, 1.807) is 32.0 Å². The number of furan rings is 1. The fraction of sp³-hybridized carbons (Fsp3) is 0.250. The number of carbonyl (C=O) groups excluding carboxylic acids is 2. The van der Waals surface area contributed by atoms with Crippen LogP contribution < -0.4 is 0 Å². The van der Waals surface area contributed by atoms with Gasteiger partial charge >= 0.3 is 0 Å². The fourth-order valence-corrected chi connectivity index (χ4v) is 1.99. The van der Waals surface area contributed by atoms with Gasteiger partial charge in [0.1, 0.15) is 11.5 Å². The Labute approximate surface area is 112 Å². The van der Waals surface area contributed by atoms with E-state index in [4.69, 9.17) is 4.42 Å². The molecule has 0 aliphatic carbocycles. The first kappa shape index (κ1) is 13.3. The Morgan fingerprint density at radius 2 is 1.63 bits per heavy atom. The fourth-order valence-electron chi connectivity index (χ4n) is 1.99. The van der Waals surface area contributed by atoms with Crippen LogP contribution in [0.4, 0.5) is 0 Å². The third kappa shape index (κ3) is 2.99. The third-order valence-corrected chi connectivity index (χ3v) is 3.04. The summed E-state index contributed by atoms with van der Waals surface area (Å²) in [7, 11) is 0. The van der Waals surface area contributed by atoms with E-state index in [9.17, 15) is 9.59 Å². The van der Waals surface area contributed by atoms with Crippen molar-refractivity contribution >= 4 is 11.6 Å². The van der Waals surface area contributed by atoms with Gasteiger partial charge in [-0.3, -0.25) is 9.59 Å². The van der Waals surface area contributed by atoms with Gasteiger partial charge in [-0.15, -0.1) is 0 Å². The molecular weight excluding hydrogens is 240 g/mol. The number of hydrogen-bond acceptors (Lipinski definition) is 3. The van der Waals surface area contributed by atoms with Crippen LogP contribution in [-0.4, -0.2) is 11.6 Å². The molecule has 0 aliphatic rings. The molecule has 0 aliphatic heterocycles. The molecule has 0 radical (unpaired) electrons. The van der Waals surface area contributed by atoms with Crippen LogP contribution in [0.15, 0.2) is 34.7 Å². The molecule has 2 aromatic rings. The molecule has 3 nitrogen and oxygen atoms in total. The number of hydrogen-bond donors (Lipinski definition) is 0. The summed E-state index contributed by atoms with van der Waals surface area (Å²) in [6.45, 7) is 5.47. The van der Waals surface area contributed by atoms with Crippen LogP contribution in [0.3, 0.4) is 0 Å². The molecule has 0 N–H and O–H groups in total. The van der Waals surface area contributed by atoms with Gasteiger partial charge in [0.25, 0.3) is 0 Å². The minimum Gasteiger partial charge on any atom is -0.466 e. The molecule has 19 heavy (non-hydrogen) atoms. The zero-order chi connectivity index (χ0) is 14.0. The first-order chi connectivity index (χ1) is 8.97. The summed E-state index contributed by atoms with van der Waals surface area (Å²) in [6, 6.07) is 8.91. The maximum atomic E-state index is 12.0. The Kier molecular flexibility index (Phi) is 3.65. The van der Waals surface area contributed by atoms with Crippen LogP contribution >= 0.6 is 0 Å². The lowest BCUT2D eigenvalue weighted by molar-refractivity contribution is 0.0893. The monoisotopic (exact) mass is 256 g/mol. The van der Waals surface area contributed by atoms with Crippen molar-refractivity contribution in [1.29, 1.82) is 0 Å². The normalized spacial score (nSPS) is 10.5. The van der Waals surface area contributed by atoms with Crippen LogP contribution in [0.5, 0.6) is 0 Å². The van der Waals surface area contributed by atoms with Crippen molar-refractivity contribution < 1.29 is 14.0 Å². The molecule has 0 amide bonds. The van der Waals surface area contributed by atoms with Crippen molar-refractivity contribution in [3.05, 3.63) is 58.5 Å². The average molecular weight is 256 g/mol. The molecule has 0 fully saturated rings. The molecule has 1 aromatic heterocycles. The lowest BCUT2D eigenvalue weighted by atomic mass is 10.0. The molecule has 1 heterocycles. The van der Waals surface area contributed by atoms with Crippen molar-refractivity contribution in [3.8, 4) is 0 Å². The van der Waals surface area contributed by atoms with Gasteiger partial charge in [0.05, 0.1) is 12.0 Å². The molecule has 1 aromatic carbocycles. The lowest BCUT2D eigenvalue weighted by Crippen LogP contribution is -2.08. The number of aryl methyl sites for hydroxylation is 3. The van der Waals surface area contributed by atoms with Gasteiger partial charge in [-0.1, -0.05) is 29.8 Å². The Balaban J connectivity index is 2.13. The zero-order valence-corrected chi connectivity index (χ0v) is 11.3. The van der Waals surface area contributed by atoms with Gasteiger partial charge in [0.2, 0.25) is 0 Å². The lowest BCUT2D eigenvalue weighted by Gasteiger charge is -2.01. The second-order valence-corrected chi connectivity index (χ2v) is 4.72. The summed E-state index contributed by atoms with van der Waals surface area (Å²) in [5.41, 5.74) is 2.15. The summed E-state index contributed by atoms with van der Waals surface area (Å²) in [4.78, 5) is 24.1. The summed E-state index contributed by atoms with van der Waals surface area (Å²) in [6.07, 6.45) is -0.122. The van der Waals surface area contributed by atoms with E-state index in [0.29, 0.717) is 22.6 Å². The number of carbonyl (C=O) groups is 2. The summed E-state index contributed by atoms with van der Waals surface area (Å²) >= 11 is 0. The number of rotatable bonds is 4. The van der Waals surface area contributed by atoms with Gasteiger partial charge in [-0.05, 0) is 26.8 Å². The highest BCUT2D eigenvalue weighted by Crippen LogP contribution is 2.17. The third-order valence-electron chi connectivity index (χ3n) is 3.04. The van der Waals surface area contributed by atoms with Crippen LogP contribution in [0.25, 0.3) is 0 Å². The van der Waals surface area contributed by atoms with Gasteiger partial charge in [-0.2, -0.15) is 0 Å². The zero-order valence-electron chi connectivity index (χ0n) is 11.3. The molecule has 0 bridgehead atoms. The Morgan fingerprint density at radius 3 is 2.16 bits per heavy atom. The van der Waals surface area contributed by atoms with E-state index in [0.717, 1.165) is 5.56 Å². The van der Waals surface area contributed by atoms with Crippen LogP contribution in [-0.2, 0) is 0 Å². The van der Waals surface area contributed by atoms with Gasteiger partial charge in [-0.25, -0.2) is 0 Å². The molecule has 3 heteroatoms. The smallest absolute Gasteiger partial charge is 0.174 e. The predicted octanol–water partition coefficient (Wildman–Crippen LogP) is 3.66. The Bertz CT molecular complexity index is 618. The first-order valence-corrected chi connectivity index (χ1v) is 6.17. The van der Waals surface area contributed by atoms with E-state index in [1.807, 2.05) is 19.1 Å². The number of ketones is 2. The first-order valence-electron chi connectivity index (χ1n) is 6.17. The maximum Gasteiger partial charge on any atom is 0.174 e. The van der Waals surface area contributed by atoms with Crippen molar-refractivity contribution in [1.82, 2.24) is 0 Å². The molecule has 2 rings (SSSR count). The highest BCUT2D eigenvalue weighted by atomic mass is 16.3. The van der Waals surface area contributed by atoms with E-state index >= 15 is 0 Å². The van der Waals surface area contributed by atoms with Gasteiger partial charge in [0, 0.05) is 5.56 Å². The molecule has 98 valence electrons. The second kappa shape index (κ2) is 5.22. The minimum atomic E-state index is -0.195. The second-order valence-electron chi connectivity index (χ2n) is 4.72. The largest absolute Gasteiger partial charge is 0.466 e. The average Bonchev–Trinajstić information content (AvgIpc) is 2.69. The predicted molar refractivity (Wildman–Crippen MR) is 72.6 cm³/mol. The maximum absolute atomic E-state index is 12.0. The van der Waals surface area contributed by atoms with Gasteiger partial charge in [0.15, 0.2) is 11.6 Å². The van der Waals surface area contributed by atoms with Crippen molar-refractivity contribution in [2.45, 2.75) is 27.2 Å². The van der Waals surface area contributed by atoms with Crippen molar-refractivity contribution in [3.63, 3.8) is 0 Å². The molecule has 0 unspecified atom stereocenters. The summed E-state index contributed by atoms with van der Waals surface area (Å²) in [5, 5.41) is 0. The van der Waals surface area contributed by atoms with Crippen LogP contribution in [0, 0.1) is 20.8 Å². The topological polar surface area (TPSA) is 47.3 Å². The van der Waals surface area contributed by atoms with Crippen LogP contribution in [0.2, 0.25) is 0 Å². The van der Waals surface area contributed by atoms with Crippen molar-refractivity contribution in [2.75, 3.05) is 0 Å². The standard InChI is InChI=1S/C16H16O3/c1-10-4-6-13(7-5-10)15(17)9-16(18)14-8-11(2)19-12(14)3/h4-8H,9H2,1-3H3. The quantitative estimate of drug-likeness (QED) is 0.619. The van der Waals surface area contributed by atoms with Crippen molar-refractivity contribution in [2.24, 2.45) is 0 Å². The minimum absolute atomic E-state index is 0.122. The number of benzene rings is 1. The molecule has 0 saturated carbocycles. The molecule has 0 spiro atoms. The van der Waals surface area contributed by atoms with Crippen LogP contribution in [0.1, 0.15) is 44.2 Å².